The van der Waals surface area contributed by atoms with E-state index in [1.165, 1.54) is 5.56 Å². The van der Waals surface area contributed by atoms with Gasteiger partial charge in [0.05, 0.1) is 0 Å². The van der Waals surface area contributed by atoms with E-state index in [0.29, 0.717) is 0 Å². The van der Waals surface area contributed by atoms with Gasteiger partial charge in [-0.05, 0) is 35.9 Å². The molecule has 17 heavy (non-hydrogen) atoms. The maximum absolute atomic E-state index is 10.6. The van der Waals surface area contributed by atoms with Crippen molar-refractivity contribution in [1.82, 2.24) is 0 Å². The lowest BCUT2D eigenvalue weighted by atomic mass is 9.93. The molecule has 1 heterocycles. The van der Waals surface area contributed by atoms with Gasteiger partial charge < -0.3 is 5.11 Å². The zero-order valence-corrected chi connectivity index (χ0v) is 11.1. The summed E-state index contributed by atoms with van der Waals surface area (Å²) < 4.78 is 0. The van der Waals surface area contributed by atoms with E-state index >= 15 is 0 Å². The Bertz CT molecular complexity index is 454. The lowest BCUT2D eigenvalue weighted by molar-refractivity contribution is 0.106. The Morgan fingerprint density at radius 2 is 1.88 bits per heavy atom. The molecular formula is C15H18OS. The van der Waals surface area contributed by atoms with Gasteiger partial charge in [0, 0.05) is 4.88 Å². The molecule has 1 nitrogen and oxygen atoms in total. The van der Waals surface area contributed by atoms with E-state index in [1.54, 1.807) is 11.3 Å². The zero-order valence-electron chi connectivity index (χ0n) is 10.3. The highest BCUT2D eigenvalue weighted by molar-refractivity contribution is 7.10. The minimum Gasteiger partial charge on any atom is -0.380 e. The van der Waals surface area contributed by atoms with Crippen LogP contribution in [-0.2, 0) is 12.0 Å². The average Bonchev–Trinajstić information content (AvgIpc) is 2.84. The van der Waals surface area contributed by atoms with Crippen molar-refractivity contribution >= 4 is 11.3 Å². The number of hydrogen-bond acceptors (Lipinski definition) is 2. The normalized spacial score (nSPS) is 14.5. The lowest BCUT2D eigenvalue weighted by Gasteiger charge is -2.22. The minimum atomic E-state index is -0.876. The molecule has 0 bridgehead atoms. The van der Waals surface area contributed by atoms with E-state index in [1.807, 2.05) is 36.6 Å². The molecule has 0 spiro atoms. The maximum Gasteiger partial charge on any atom is 0.121 e. The summed E-state index contributed by atoms with van der Waals surface area (Å²) in [6, 6.07) is 12.2. The van der Waals surface area contributed by atoms with Gasteiger partial charge in [-0.15, -0.1) is 11.3 Å². The minimum absolute atomic E-state index is 0.876. The SMILES string of the molecule is CCCc1ccc(C(C)(O)c2cccs2)cc1. The van der Waals surface area contributed by atoms with Gasteiger partial charge >= 0.3 is 0 Å². The van der Waals surface area contributed by atoms with E-state index in [-0.39, 0.29) is 0 Å². The van der Waals surface area contributed by atoms with E-state index in [9.17, 15) is 5.11 Å². The molecule has 0 saturated heterocycles. The van der Waals surface area contributed by atoms with Crippen molar-refractivity contribution in [3.63, 3.8) is 0 Å². The van der Waals surface area contributed by atoms with Crippen molar-refractivity contribution in [2.75, 3.05) is 0 Å². The molecule has 1 N–H and O–H groups in total. The predicted molar refractivity (Wildman–Crippen MR) is 73.4 cm³/mol. The van der Waals surface area contributed by atoms with Crippen molar-refractivity contribution in [2.24, 2.45) is 0 Å². The van der Waals surface area contributed by atoms with Crippen molar-refractivity contribution in [2.45, 2.75) is 32.3 Å². The van der Waals surface area contributed by atoms with Crippen LogP contribution in [0.5, 0.6) is 0 Å². The number of aryl methyl sites for hydroxylation is 1. The number of aliphatic hydroxyl groups is 1. The molecule has 2 aromatic rings. The van der Waals surface area contributed by atoms with Crippen molar-refractivity contribution in [1.29, 1.82) is 0 Å². The molecule has 0 saturated carbocycles. The van der Waals surface area contributed by atoms with Gasteiger partial charge in [0.15, 0.2) is 0 Å². The maximum atomic E-state index is 10.6. The van der Waals surface area contributed by atoms with Crippen LogP contribution in [0.25, 0.3) is 0 Å². The first-order valence-corrected chi connectivity index (χ1v) is 6.88. The zero-order chi connectivity index (χ0) is 12.3. The van der Waals surface area contributed by atoms with Crippen LogP contribution in [0.3, 0.4) is 0 Å². The topological polar surface area (TPSA) is 20.2 Å². The third-order valence-corrected chi connectivity index (χ3v) is 4.14. The summed E-state index contributed by atoms with van der Waals surface area (Å²) in [6.45, 7) is 4.03. The fourth-order valence-corrected chi connectivity index (χ4v) is 2.79. The largest absolute Gasteiger partial charge is 0.380 e. The number of benzene rings is 1. The Labute approximate surface area is 107 Å². The quantitative estimate of drug-likeness (QED) is 0.866. The van der Waals surface area contributed by atoms with Crippen LogP contribution in [0.4, 0.5) is 0 Å². The van der Waals surface area contributed by atoms with Crippen LogP contribution >= 0.6 is 11.3 Å². The first kappa shape index (κ1) is 12.3. The highest BCUT2D eigenvalue weighted by Crippen LogP contribution is 2.32. The first-order valence-electron chi connectivity index (χ1n) is 6.00. The van der Waals surface area contributed by atoms with E-state index in [2.05, 4.69) is 19.1 Å². The average molecular weight is 246 g/mol. The highest BCUT2D eigenvalue weighted by Gasteiger charge is 2.26. The molecule has 1 unspecified atom stereocenters. The summed E-state index contributed by atoms with van der Waals surface area (Å²) in [6.07, 6.45) is 2.25. The van der Waals surface area contributed by atoms with Crippen LogP contribution in [0.2, 0.25) is 0 Å². The van der Waals surface area contributed by atoms with Crippen LogP contribution in [0, 0.1) is 0 Å². The second-order valence-electron chi connectivity index (χ2n) is 4.50. The molecular weight excluding hydrogens is 228 g/mol. The summed E-state index contributed by atoms with van der Waals surface area (Å²) >= 11 is 1.59. The number of hydrogen-bond donors (Lipinski definition) is 1. The molecule has 2 rings (SSSR count). The van der Waals surface area contributed by atoms with Gasteiger partial charge in [0.2, 0.25) is 0 Å². The van der Waals surface area contributed by atoms with Crippen molar-refractivity contribution in [3.05, 3.63) is 57.8 Å². The van der Waals surface area contributed by atoms with Gasteiger partial charge in [-0.25, -0.2) is 0 Å². The van der Waals surface area contributed by atoms with E-state index in [0.717, 1.165) is 23.3 Å². The second kappa shape index (κ2) is 5.03. The molecule has 0 radical (unpaired) electrons. The molecule has 1 atom stereocenters. The molecule has 2 heteroatoms. The van der Waals surface area contributed by atoms with Gasteiger partial charge in [0.25, 0.3) is 0 Å². The Balaban J connectivity index is 2.27. The molecule has 90 valence electrons. The van der Waals surface area contributed by atoms with Crippen molar-refractivity contribution in [3.8, 4) is 0 Å². The fourth-order valence-electron chi connectivity index (χ4n) is 1.98. The number of rotatable bonds is 4. The summed E-state index contributed by atoms with van der Waals surface area (Å²) in [7, 11) is 0. The molecule has 0 aliphatic rings. The van der Waals surface area contributed by atoms with Gasteiger partial charge in [0.1, 0.15) is 5.60 Å². The summed E-state index contributed by atoms with van der Waals surface area (Å²) in [5, 5.41) is 12.6. The Hall–Kier alpha value is -1.12. The molecule has 0 aliphatic carbocycles. The third kappa shape index (κ3) is 2.59. The monoisotopic (exact) mass is 246 g/mol. The van der Waals surface area contributed by atoms with Gasteiger partial charge in [-0.3, -0.25) is 0 Å². The molecule has 1 aromatic heterocycles. The fraction of sp³-hybridized carbons (Fsp3) is 0.333. The standard InChI is InChI=1S/C15H18OS/c1-3-5-12-7-9-13(10-8-12)15(2,16)14-6-4-11-17-14/h4,6-11,16H,3,5H2,1-2H3. The summed E-state index contributed by atoms with van der Waals surface area (Å²) in [4.78, 5) is 0.987. The van der Waals surface area contributed by atoms with E-state index < -0.39 is 5.60 Å². The second-order valence-corrected chi connectivity index (χ2v) is 5.44. The number of thiophene rings is 1. The molecule has 1 aromatic carbocycles. The molecule has 0 amide bonds. The Kier molecular flexibility index (Phi) is 3.65. The Morgan fingerprint density at radius 3 is 2.41 bits per heavy atom. The highest BCUT2D eigenvalue weighted by atomic mass is 32.1. The third-order valence-electron chi connectivity index (χ3n) is 3.06. The lowest BCUT2D eigenvalue weighted by Crippen LogP contribution is -2.21. The van der Waals surface area contributed by atoms with Crippen LogP contribution < -0.4 is 0 Å². The predicted octanol–water partition coefficient (Wildman–Crippen LogP) is 3.96. The van der Waals surface area contributed by atoms with Gasteiger partial charge in [-0.2, -0.15) is 0 Å². The summed E-state index contributed by atoms with van der Waals surface area (Å²) in [5.74, 6) is 0. The van der Waals surface area contributed by atoms with Crippen molar-refractivity contribution < 1.29 is 5.11 Å². The summed E-state index contributed by atoms with van der Waals surface area (Å²) in [5.41, 5.74) is 1.41. The van der Waals surface area contributed by atoms with Gasteiger partial charge in [-0.1, -0.05) is 43.7 Å². The van der Waals surface area contributed by atoms with Crippen LogP contribution in [0.1, 0.15) is 36.3 Å². The smallest absolute Gasteiger partial charge is 0.121 e. The molecule has 0 aliphatic heterocycles. The first-order chi connectivity index (χ1) is 8.14. The Morgan fingerprint density at radius 1 is 1.18 bits per heavy atom. The van der Waals surface area contributed by atoms with E-state index in [4.69, 9.17) is 0 Å². The molecule has 0 fully saturated rings. The van der Waals surface area contributed by atoms with Crippen LogP contribution in [0.15, 0.2) is 41.8 Å². The van der Waals surface area contributed by atoms with Crippen LogP contribution in [-0.4, -0.2) is 5.11 Å².